The van der Waals surface area contributed by atoms with Crippen LogP contribution in [-0.2, 0) is 20.9 Å². The summed E-state index contributed by atoms with van der Waals surface area (Å²) >= 11 is 0. The third-order valence-corrected chi connectivity index (χ3v) is 4.92. The van der Waals surface area contributed by atoms with E-state index < -0.39 is 23.6 Å². The zero-order valence-electron chi connectivity index (χ0n) is 17.5. The first-order valence-corrected chi connectivity index (χ1v) is 10.1. The number of imide groups is 1. The van der Waals surface area contributed by atoms with Gasteiger partial charge in [-0.25, -0.2) is 4.79 Å². The highest BCUT2D eigenvalue weighted by molar-refractivity contribution is 6.06. The fourth-order valence-electron chi connectivity index (χ4n) is 3.57. The number of amides is 4. The number of nitrogens with one attached hydrogen (secondary N) is 3. The fourth-order valence-corrected chi connectivity index (χ4v) is 3.57. The van der Waals surface area contributed by atoms with Gasteiger partial charge in [-0.15, -0.1) is 0 Å². The number of fused-ring (bicyclic) bond motifs is 1. The van der Waals surface area contributed by atoms with Crippen LogP contribution in [0.2, 0.25) is 0 Å². The van der Waals surface area contributed by atoms with E-state index in [4.69, 9.17) is 4.74 Å². The highest BCUT2D eigenvalue weighted by atomic mass is 16.6. The second-order valence-corrected chi connectivity index (χ2v) is 8.44. The topological polar surface area (TPSA) is 117 Å². The van der Waals surface area contributed by atoms with Crippen LogP contribution in [0.1, 0.15) is 56.0 Å². The normalized spacial score (nSPS) is 18.7. The molecule has 0 spiro atoms. The van der Waals surface area contributed by atoms with Gasteiger partial charge in [-0.05, 0) is 45.7 Å². The molecule has 0 bridgehead atoms. The summed E-state index contributed by atoms with van der Waals surface area (Å²) in [6.07, 6.45) is 0.789. The number of ether oxygens (including phenoxy) is 1. The lowest BCUT2D eigenvalue weighted by molar-refractivity contribution is -0.136. The molecule has 2 aliphatic rings. The van der Waals surface area contributed by atoms with Crippen LogP contribution in [0.5, 0.6) is 0 Å². The zero-order valence-corrected chi connectivity index (χ0v) is 17.5. The van der Waals surface area contributed by atoms with Gasteiger partial charge in [0.2, 0.25) is 11.8 Å². The standard InChI is InChI=1S/C21H28N4O5/c1-21(2,3)30-20(29)23-11-5-10-22-15-7-4-6-13-14(15)12-25(19(13)28)16-8-9-17(26)24-18(16)27/h4,6-7,16,22H,5,8-12H2,1-3H3,(H,23,29)(H,24,26,27). The SMILES string of the molecule is CC(C)(C)OC(=O)NCCCNc1cccc2c1CN(C1CCC(=O)NC1=O)C2=O. The second-order valence-electron chi connectivity index (χ2n) is 8.44. The molecule has 1 fully saturated rings. The van der Waals surface area contributed by atoms with Gasteiger partial charge < -0.3 is 20.3 Å². The molecule has 30 heavy (non-hydrogen) atoms. The van der Waals surface area contributed by atoms with Crippen LogP contribution in [0, 0.1) is 0 Å². The van der Waals surface area contributed by atoms with Gasteiger partial charge in [-0.2, -0.15) is 0 Å². The summed E-state index contributed by atoms with van der Waals surface area (Å²) in [5.74, 6) is -0.923. The number of rotatable bonds is 6. The van der Waals surface area contributed by atoms with Gasteiger partial charge in [0.25, 0.3) is 5.91 Å². The average Bonchev–Trinajstić information content (AvgIpc) is 2.97. The maximum Gasteiger partial charge on any atom is 0.407 e. The van der Waals surface area contributed by atoms with Crippen LogP contribution in [0.15, 0.2) is 18.2 Å². The maximum atomic E-state index is 12.8. The average molecular weight is 416 g/mol. The monoisotopic (exact) mass is 416 g/mol. The molecule has 3 rings (SSSR count). The predicted molar refractivity (Wildman–Crippen MR) is 110 cm³/mol. The number of alkyl carbamates (subject to hydrolysis) is 1. The second kappa shape index (κ2) is 8.73. The van der Waals surface area contributed by atoms with Crippen molar-refractivity contribution in [3.05, 3.63) is 29.3 Å². The fraction of sp³-hybridized carbons (Fsp3) is 0.524. The van der Waals surface area contributed by atoms with E-state index >= 15 is 0 Å². The highest BCUT2D eigenvalue weighted by Gasteiger charge is 2.39. The molecule has 4 amide bonds. The van der Waals surface area contributed by atoms with Gasteiger partial charge >= 0.3 is 6.09 Å². The molecule has 1 atom stereocenters. The Morgan fingerprint density at radius 2 is 2.00 bits per heavy atom. The minimum atomic E-state index is -0.631. The smallest absolute Gasteiger partial charge is 0.407 e. The molecule has 1 aromatic carbocycles. The summed E-state index contributed by atoms with van der Waals surface area (Å²) in [7, 11) is 0. The molecule has 9 heteroatoms. The summed E-state index contributed by atoms with van der Waals surface area (Å²) in [5, 5.41) is 8.32. The van der Waals surface area contributed by atoms with Gasteiger partial charge in [0.05, 0.1) is 0 Å². The van der Waals surface area contributed by atoms with Crippen molar-refractivity contribution in [1.82, 2.24) is 15.5 Å². The van der Waals surface area contributed by atoms with E-state index in [9.17, 15) is 19.2 Å². The summed E-state index contributed by atoms with van der Waals surface area (Å²) in [5.41, 5.74) is 1.70. The lowest BCUT2D eigenvalue weighted by Crippen LogP contribution is -2.52. The molecule has 1 unspecified atom stereocenters. The van der Waals surface area contributed by atoms with Gasteiger partial charge in [0.15, 0.2) is 0 Å². The largest absolute Gasteiger partial charge is 0.444 e. The van der Waals surface area contributed by atoms with E-state index in [0.29, 0.717) is 38.0 Å². The molecule has 0 aliphatic carbocycles. The Morgan fingerprint density at radius 3 is 2.70 bits per heavy atom. The molecule has 1 saturated heterocycles. The van der Waals surface area contributed by atoms with Crippen LogP contribution < -0.4 is 16.0 Å². The van der Waals surface area contributed by atoms with Crippen LogP contribution >= 0.6 is 0 Å². The number of benzene rings is 1. The Labute approximate surface area is 175 Å². The number of carbonyl (C=O) groups excluding carboxylic acids is 4. The lowest BCUT2D eigenvalue weighted by Gasteiger charge is -2.29. The predicted octanol–water partition coefficient (Wildman–Crippen LogP) is 1.77. The number of hydrogen-bond acceptors (Lipinski definition) is 6. The summed E-state index contributed by atoms with van der Waals surface area (Å²) in [6.45, 7) is 6.80. The van der Waals surface area contributed by atoms with Crippen molar-refractivity contribution < 1.29 is 23.9 Å². The first kappa shape index (κ1) is 21.6. The molecule has 0 aromatic heterocycles. The minimum absolute atomic E-state index is 0.199. The van der Waals surface area contributed by atoms with E-state index in [1.165, 1.54) is 4.90 Å². The Kier molecular flexibility index (Phi) is 6.28. The van der Waals surface area contributed by atoms with Gasteiger partial charge in [-0.3, -0.25) is 19.7 Å². The van der Waals surface area contributed by atoms with Crippen molar-refractivity contribution in [3.63, 3.8) is 0 Å². The molecular weight excluding hydrogens is 388 g/mol. The first-order chi connectivity index (χ1) is 14.2. The number of carbonyl (C=O) groups is 4. The van der Waals surface area contributed by atoms with E-state index in [1.807, 2.05) is 26.8 Å². The van der Waals surface area contributed by atoms with Crippen molar-refractivity contribution in [2.24, 2.45) is 0 Å². The van der Waals surface area contributed by atoms with Crippen molar-refractivity contribution in [3.8, 4) is 0 Å². The zero-order chi connectivity index (χ0) is 21.9. The Balaban J connectivity index is 1.54. The molecule has 0 saturated carbocycles. The van der Waals surface area contributed by atoms with Crippen molar-refractivity contribution in [1.29, 1.82) is 0 Å². The third kappa shape index (κ3) is 5.08. The van der Waals surface area contributed by atoms with Crippen LogP contribution in [0.25, 0.3) is 0 Å². The number of piperidine rings is 1. The number of nitrogens with zero attached hydrogens (tertiary/aromatic N) is 1. The molecule has 2 heterocycles. The maximum absolute atomic E-state index is 12.8. The van der Waals surface area contributed by atoms with E-state index in [-0.39, 0.29) is 18.2 Å². The number of anilines is 1. The van der Waals surface area contributed by atoms with E-state index in [2.05, 4.69) is 16.0 Å². The Hall–Kier alpha value is -3.10. The molecule has 9 nitrogen and oxygen atoms in total. The van der Waals surface area contributed by atoms with Crippen LogP contribution in [0.3, 0.4) is 0 Å². The summed E-state index contributed by atoms with van der Waals surface area (Å²) in [4.78, 5) is 49.6. The first-order valence-electron chi connectivity index (χ1n) is 10.1. The number of hydrogen-bond donors (Lipinski definition) is 3. The van der Waals surface area contributed by atoms with E-state index in [0.717, 1.165) is 11.3 Å². The third-order valence-electron chi connectivity index (χ3n) is 4.92. The molecule has 1 aromatic rings. The molecule has 0 radical (unpaired) electrons. The Morgan fingerprint density at radius 1 is 1.23 bits per heavy atom. The lowest BCUT2D eigenvalue weighted by atomic mass is 10.0. The molecule has 3 N–H and O–H groups in total. The Bertz CT molecular complexity index is 861. The summed E-state index contributed by atoms with van der Waals surface area (Å²) in [6, 6.07) is 4.81. The highest BCUT2D eigenvalue weighted by Crippen LogP contribution is 2.32. The van der Waals surface area contributed by atoms with Gasteiger partial charge in [0.1, 0.15) is 11.6 Å². The van der Waals surface area contributed by atoms with Crippen molar-refractivity contribution in [2.75, 3.05) is 18.4 Å². The van der Waals surface area contributed by atoms with Crippen LogP contribution in [-0.4, -0.2) is 53.4 Å². The van der Waals surface area contributed by atoms with Gasteiger partial charge in [0, 0.05) is 42.9 Å². The van der Waals surface area contributed by atoms with E-state index in [1.54, 1.807) is 12.1 Å². The molecule has 2 aliphatic heterocycles. The minimum Gasteiger partial charge on any atom is -0.444 e. The van der Waals surface area contributed by atoms with Gasteiger partial charge in [-0.1, -0.05) is 6.07 Å². The van der Waals surface area contributed by atoms with Crippen molar-refractivity contribution in [2.45, 2.75) is 58.2 Å². The molecular formula is C21H28N4O5. The van der Waals surface area contributed by atoms with Crippen LogP contribution in [0.4, 0.5) is 10.5 Å². The van der Waals surface area contributed by atoms with Crippen molar-refractivity contribution >= 4 is 29.5 Å². The summed E-state index contributed by atoms with van der Waals surface area (Å²) < 4.78 is 5.19. The molecule has 162 valence electrons. The quantitative estimate of drug-likeness (QED) is 0.481.